The van der Waals surface area contributed by atoms with Gasteiger partial charge in [-0.1, -0.05) is 42.0 Å². The van der Waals surface area contributed by atoms with Gasteiger partial charge < -0.3 is 10.1 Å². The van der Waals surface area contributed by atoms with Crippen LogP contribution in [0.5, 0.6) is 5.75 Å². The quantitative estimate of drug-likeness (QED) is 0.391. The highest BCUT2D eigenvalue weighted by Crippen LogP contribution is 2.22. The molecule has 1 amide bonds. The predicted octanol–water partition coefficient (Wildman–Crippen LogP) is 5.83. The molecule has 0 unspecified atom stereocenters. The summed E-state index contributed by atoms with van der Waals surface area (Å²) in [5, 5.41) is 7.62. The molecule has 5 nitrogen and oxygen atoms in total. The Morgan fingerprint density at radius 1 is 0.970 bits per heavy atom. The Kier molecular flexibility index (Phi) is 6.54. The summed E-state index contributed by atoms with van der Waals surface area (Å²) in [5.74, 6) is 0.0954. The largest absolute Gasteiger partial charge is 0.489 e. The van der Waals surface area contributed by atoms with Crippen LogP contribution in [0.1, 0.15) is 38.4 Å². The van der Waals surface area contributed by atoms with Gasteiger partial charge in [-0.05, 0) is 68.3 Å². The van der Waals surface area contributed by atoms with Gasteiger partial charge in [-0.2, -0.15) is 5.10 Å². The number of carbonyl (C=O) groups excluding carboxylic acids is 1. The van der Waals surface area contributed by atoms with E-state index in [1.54, 1.807) is 24.3 Å². The van der Waals surface area contributed by atoms with E-state index >= 15 is 0 Å². The first-order valence-corrected chi connectivity index (χ1v) is 10.8. The summed E-state index contributed by atoms with van der Waals surface area (Å²) in [6.07, 6.45) is 0. The number of carbonyl (C=O) groups is 1. The van der Waals surface area contributed by atoms with Crippen molar-refractivity contribution < 1.29 is 13.9 Å². The van der Waals surface area contributed by atoms with E-state index in [1.807, 2.05) is 36.7 Å². The van der Waals surface area contributed by atoms with Crippen molar-refractivity contribution in [2.45, 2.75) is 33.9 Å². The van der Waals surface area contributed by atoms with Crippen molar-refractivity contribution in [3.8, 4) is 5.75 Å². The minimum atomic E-state index is -0.302. The lowest BCUT2D eigenvalue weighted by molar-refractivity contribution is 0.102. The Morgan fingerprint density at radius 2 is 1.70 bits per heavy atom. The summed E-state index contributed by atoms with van der Waals surface area (Å²) < 4.78 is 20.6. The molecule has 0 saturated carbocycles. The normalized spacial score (nSPS) is 10.8. The molecule has 33 heavy (non-hydrogen) atoms. The molecular weight excluding hydrogens is 417 g/mol. The third-order valence-corrected chi connectivity index (χ3v) is 5.47. The van der Waals surface area contributed by atoms with E-state index in [4.69, 9.17) is 4.74 Å². The van der Waals surface area contributed by atoms with Gasteiger partial charge in [-0.3, -0.25) is 9.48 Å². The molecule has 0 aliphatic rings. The van der Waals surface area contributed by atoms with Gasteiger partial charge in [-0.25, -0.2) is 4.39 Å². The Hall–Kier alpha value is -3.93. The van der Waals surface area contributed by atoms with Gasteiger partial charge in [-0.15, -0.1) is 0 Å². The van der Waals surface area contributed by atoms with Gasteiger partial charge in [0.2, 0.25) is 0 Å². The first-order chi connectivity index (χ1) is 15.9. The molecule has 0 aliphatic heterocycles. The SMILES string of the molecule is Cc1cccc(Cn2nc(C)c(NC(=O)c3ccc(COc4ccc(F)cc4)cc3)c2C)c1. The van der Waals surface area contributed by atoms with E-state index in [1.165, 1.54) is 17.7 Å². The van der Waals surface area contributed by atoms with Crippen molar-refractivity contribution in [2.75, 3.05) is 5.32 Å². The van der Waals surface area contributed by atoms with Crippen LogP contribution in [0.2, 0.25) is 0 Å². The number of benzene rings is 3. The number of hydrogen-bond acceptors (Lipinski definition) is 3. The monoisotopic (exact) mass is 443 g/mol. The summed E-state index contributed by atoms with van der Waals surface area (Å²) in [7, 11) is 0. The first kappa shape index (κ1) is 22.3. The molecule has 0 atom stereocenters. The number of anilines is 1. The van der Waals surface area contributed by atoms with Crippen molar-refractivity contribution >= 4 is 11.6 Å². The minimum absolute atomic E-state index is 0.192. The van der Waals surface area contributed by atoms with Crippen LogP contribution in [-0.4, -0.2) is 15.7 Å². The minimum Gasteiger partial charge on any atom is -0.489 e. The molecule has 6 heteroatoms. The molecule has 3 aromatic carbocycles. The molecule has 1 heterocycles. The van der Waals surface area contributed by atoms with Crippen LogP contribution in [0.25, 0.3) is 0 Å². The van der Waals surface area contributed by atoms with Gasteiger partial charge in [0.25, 0.3) is 5.91 Å². The number of ether oxygens (including phenoxy) is 1. The third kappa shape index (κ3) is 5.47. The van der Waals surface area contributed by atoms with Gasteiger partial charge in [0.1, 0.15) is 18.2 Å². The summed E-state index contributed by atoms with van der Waals surface area (Å²) >= 11 is 0. The highest BCUT2D eigenvalue weighted by Gasteiger charge is 2.15. The smallest absolute Gasteiger partial charge is 0.255 e. The molecule has 168 valence electrons. The molecule has 0 aliphatic carbocycles. The Balaban J connectivity index is 1.40. The van der Waals surface area contributed by atoms with Crippen molar-refractivity contribution in [1.29, 1.82) is 0 Å². The fourth-order valence-corrected chi connectivity index (χ4v) is 3.65. The lowest BCUT2D eigenvalue weighted by Crippen LogP contribution is -2.13. The number of aromatic nitrogens is 2. The fourth-order valence-electron chi connectivity index (χ4n) is 3.65. The van der Waals surface area contributed by atoms with Gasteiger partial charge in [0.05, 0.1) is 23.6 Å². The molecule has 4 aromatic rings. The van der Waals surface area contributed by atoms with Gasteiger partial charge in [0, 0.05) is 5.56 Å². The van der Waals surface area contributed by atoms with Crippen molar-refractivity contribution in [3.63, 3.8) is 0 Å². The highest BCUT2D eigenvalue weighted by atomic mass is 19.1. The maximum atomic E-state index is 13.0. The second kappa shape index (κ2) is 9.69. The number of rotatable bonds is 7. The lowest BCUT2D eigenvalue weighted by atomic mass is 10.1. The number of amides is 1. The Morgan fingerprint density at radius 3 is 2.39 bits per heavy atom. The number of nitrogens with zero attached hydrogens (tertiary/aromatic N) is 2. The molecule has 0 bridgehead atoms. The number of hydrogen-bond donors (Lipinski definition) is 1. The maximum Gasteiger partial charge on any atom is 0.255 e. The van der Waals surface area contributed by atoms with Crippen LogP contribution < -0.4 is 10.1 Å². The molecule has 1 aromatic heterocycles. The second-order valence-corrected chi connectivity index (χ2v) is 8.09. The third-order valence-electron chi connectivity index (χ3n) is 5.47. The number of halogens is 1. The molecule has 0 radical (unpaired) electrons. The van der Waals surface area contributed by atoms with Gasteiger partial charge >= 0.3 is 0 Å². The molecule has 4 rings (SSSR count). The standard InChI is InChI=1S/C27H26FN3O2/c1-18-5-4-6-22(15-18)16-31-20(3)26(19(2)30-31)29-27(32)23-9-7-21(8-10-23)17-33-25-13-11-24(28)12-14-25/h4-15H,16-17H2,1-3H3,(H,29,32). The number of aryl methyl sites for hydroxylation is 2. The Bertz CT molecular complexity index is 1260. The number of nitrogens with one attached hydrogen (secondary N) is 1. The van der Waals surface area contributed by atoms with Crippen LogP contribution in [0.4, 0.5) is 10.1 Å². The zero-order chi connectivity index (χ0) is 23.4. The molecule has 0 fully saturated rings. The van der Waals surface area contributed by atoms with E-state index in [0.29, 0.717) is 24.5 Å². The fraction of sp³-hybridized carbons (Fsp3) is 0.185. The summed E-state index contributed by atoms with van der Waals surface area (Å²) in [5.41, 5.74) is 6.24. The highest BCUT2D eigenvalue weighted by molar-refractivity contribution is 6.04. The van der Waals surface area contributed by atoms with Crippen LogP contribution in [-0.2, 0) is 13.2 Å². The molecule has 0 saturated heterocycles. The molecule has 0 spiro atoms. The van der Waals surface area contributed by atoms with Crippen LogP contribution in [0.3, 0.4) is 0 Å². The maximum absolute atomic E-state index is 13.0. The van der Waals surface area contributed by atoms with Crippen LogP contribution in [0.15, 0.2) is 72.8 Å². The summed E-state index contributed by atoms with van der Waals surface area (Å²) in [4.78, 5) is 12.8. The second-order valence-electron chi connectivity index (χ2n) is 8.09. The van der Waals surface area contributed by atoms with Crippen molar-refractivity contribution in [3.05, 3.63) is 112 Å². The summed E-state index contributed by atoms with van der Waals surface area (Å²) in [6.45, 7) is 6.90. The van der Waals surface area contributed by atoms with E-state index < -0.39 is 0 Å². The topological polar surface area (TPSA) is 56.2 Å². The van der Waals surface area contributed by atoms with Crippen molar-refractivity contribution in [2.24, 2.45) is 0 Å². The lowest BCUT2D eigenvalue weighted by Gasteiger charge is -2.09. The van der Waals surface area contributed by atoms with E-state index in [0.717, 1.165) is 28.2 Å². The molecule has 1 N–H and O–H groups in total. The van der Waals surface area contributed by atoms with E-state index in [2.05, 4.69) is 35.5 Å². The average molecular weight is 444 g/mol. The average Bonchev–Trinajstić information content (AvgIpc) is 3.06. The molecular formula is C27H26FN3O2. The van der Waals surface area contributed by atoms with Gasteiger partial charge in [0.15, 0.2) is 0 Å². The predicted molar refractivity (Wildman–Crippen MR) is 127 cm³/mol. The first-order valence-electron chi connectivity index (χ1n) is 10.8. The van der Waals surface area contributed by atoms with Crippen molar-refractivity contribution in [1.82, 2.24) is 9.78 Å². The zero-order valence-electron chi connectivity index (χ0n) is 18.9. The van der Waals surface area contributed by atoms with E-state index in [-0.39, 0.29) is 11.7 Å². The van der Waals surface area contributed by atoms with Crippen LogP contribution in [0, 0.1) is 26.6 Å². The summed E-state index contributed by atoms with van der Waals surface area (Å²) in [6, 6.07) is 21.4. The zero-order valence-corrected chi connectivity index (χ0v) is 18.9. The van der Waals surface area contributed by atoms with E-state index in [9.17, 15) is 9.18 Å². The van der Waals surface area contributed by atoms with Crippen LogP contribution >= 0.6 is 0 Å². The Labute approximate surface area is 192 Å².